The molecule has 1 aliphatic heterocycles. The number of rotatable bonds is 8. The molecule has 1 aromatic heterocycles. The van der Waals surface area contributed by atoms with E-state index in [1.807, 2.05) is 24.3 Å². The average molecular weight is 466 g/mol. The summed E-state index contributed by atoms with van der Waals surface area (Å²) in [6.07, 6.45) is 3.53. The quantitative estimate of drug-likeness (QED) is 0.444. The molecule has 0 amide bonds. The maximum Gasteiger partial charge on any atom is 0.341 e. The molecule has 1 fully saturated rings. The fourth-order valence-corrected chi connectivity index (χ4v) is 4.54. The Kier molecular flexibility index (Phi) is 7.85. The van der Waals surface area contributed by atoms with E-state index in [2.05, 4.69) is 14.8 Å². The predicted octanol–water partition coefficient (Wildman–Crippen LogP) is 4.88. The lowest BCUT2D eigenvalue weighted by Crippen LogP contribution is -2.47. The highest BCUT2D eigenvalue weighted by atomic mass is 19.1. The minimum absolute atomic E-state index is 0.0821. The van der Waals surface area contributed by atoms with Gasteiger partial charge < -0.3 is 9.64 Å². The smallest absolute Gasteiger partial charge is 0.341 e. The van der Waals surface area contributed by atoms with Crippen LogP contribution in [0.3, 0.4) is 0 Å². The van der Waals surface area contributed by atoms with Gasteiger partial charge in [0, 0.05) is 38.3 Å². The molecule has 0 aliphatic carbocycles. The number of pyridine rings is 1. The number of hydrogen-bond donors (Lipinski definition) is 0. The Hall–Kier alpha value is -3.32. The van der Waals surface area contributed by atoms with Crippen LogP contribution in [0, 0.1) is 11.6 Å². The monoisotopic (exact) mass is 465 g/mol. The van der Waals surface area contributed by atoms with Crippen molar-refractivity contribution >= 4 is 11.8 Å². The first kappa shape index (κ1) is 23.8. The van der Waals surface area contributed by atoms with E-state index in [-0.39, 0.29) is 23.5 Å². The zero-order chi connectivity index (χ0) is 23.9. The zero-order valence-electron chi connectivity index (χ0n) is 19.3. The van der Waals surface area contributed by atoms with Crippen molar-refractivity contribution in [3.8, 4) is 0 Å². The molecule has 0 unspecified atom stereocenters. The molecule has 1 aliphatic rings. The Balaban J connectivity index is 1.35. The number of benzene rings is 2. The number of nitrogens with zero attached hydrogens (tertiary/aromatic N) is 3. The fourth-order valence-electron chi connectivity index (χ4n) is 4.54. The third-order valence-electron chi connectivity index (χ3n) is 6.38. The van der Waals surface area contributed by atoms with Crippen LogP contribution < -0.4 is 4.90 Å². The fraction of sp³-hybridized carbons (Fsp3) is 0.333. The Morgan fingerprint density at radius 2 is 1.53 bits per heavy atom. The molecule has 5 nitrogen and oxygen atoms in total. The number of carbonyl (C=O) groups excluding carboxylic acids is 1. The number of piperazine rings is 1. The van der Waals surface area contributed by atoms with Crippen LogP contribution in [0.25, 0.3) is 0 Å². The van der Waals surface area contributed by atoms with E-state index in [9.17, 15) is 13.6 Å². The number of aromatic nitrogens is 1. The van der Waals surface area contributed by atoms with Crippen LogP contribution in [-0.2, 0) is 4.74 Å². The van der Waals surface area contributed by atoms with E-state index in [0.29, 0.717) is 11.4 Å². The maximum absolute atomic E-state index is 13.5. The summed E-state index contributed by atoms with van der Waals surface area (Å²) in [6.45, 7) is 4.23. The third kappa shape index (κ3) is 5.78. The van der Waals surface area contributed by atoms with Gasteiger partial charge >= 0.3 is 5.97 Å². The molecule has 178 valence electrons. The second kappa shape index (κ2) is 11.2. The van der Waals surface area contributed by atoms with Crippen molar-refractivity contribution in [1.29, 1.82) is 0 Å². The lowest BCUT2D eigenvalue weighted by atomic mass is 9.87. The maximum atomic E-state index is 13.5. The summed E-state index contributed by atoms with van der Waals surface area (Å²) in [5.74, 6) is -0.149. The van der Waals surface area contributed by atoms with E-state index in [1.54, 1.807) is 18.3 Å². The molecular formula is C27H29F2N3O2. The van der Waals surface area contributed by atoms with Gasteiger partial charge in [0.25, 0.3) is 0 Å². The van der Waals surface area contributed by atoms with Crippen molar-refractivity contribution in [2.75, 3.05) is 44.7 Å². The van der Waals surface area contributed by atoms with E-state index in [0.717, 1.165) is 56.7 Å². The van der Waals surface area contributed by atoms with E-state index in [4.69, 9.17) is 4.74 Å². The van der Waals surface area contributed by atoms with Crippen LogP contribution in [0.5, 0.6) is 0 Å². The van der Waals surface area contributed by atoms with Crippen LogP contribution in [0.1, 0.15) is 40.2 Å². The minimum atomic E-state index is -0.377. The van der Waals surface area contributed by atoms with Gasteiger partial charge in [0.05, 0.1) is 7.11 Å². The summed E-state index contributed by atoms with van der Waals surface area (Å²) in [6, 6.07) is 16.6. The summed E-state index contributed by atoms with van der Waals surface area (Å²) in [5.41, 5.74) is 2.55. The first-order valence-corrected chi connectivity index (χ1v) is 11.6. The highest BCUT2D eigenvalue weighted by Crippen LogP contribution is 2.30. The lowest BCUT2D eigenvalue weighted by Gasteiger charge is -2.36. The van der Waals surface area contributed by atoms with Crippen molar-refractivity contribution in [2.45, 2.75) is 18.8 Å². The lowest BCUT2D eigenvalue weighted by molar-refractivity contribution is 0.0600. The molecule has 0 N–H and O–H groups in total. The van der Waals surface area contributed by atoms with Crippen molar-refractivity contribution < 1.29 is 18.3 Å². The van der Waals surface area contributed by atoms with Gasteiger partial charge in [-0.05, 0) is 66.9 Å². The number of anilines is 1. The molecule has 7 heteroatoms. The van der Waals surface area contributed by atoms with Crippen molar-refractivity contribution in [1.82, 2.24) is 9.88 Å². The molecule has 2 aromatic carbocycles. The molecule has 4 rings (SSSR count). The van der Waals surface area contributed by atoms with Crippen molar-refractivity contribution in [3.05, 3.63) is 95.2 Å². The van der Waals surface area contributed by atoms with Crippen molar-refractivity contribution in [2.24, 2.45) is 0 Å². The largest absolute Gasteiger partial charge is 0.465 e. The number of esters is 1. The number of hydrogen-bond acceptors (Lipinski definition) is 5. The molecular weight excluding hydrogens is 436 g/mol. The van der Waals surface area contributed by atoms with Gasteiger partial charge in [0.15, 0.2) is 0 Å². The van der Waals surface area contributed by atoms with Crippen LogP contribution >= 0.6 is 0 Å². The number of methoxy groups -OCH3 is 1. The predicted molar refractivity (Wildman–Crippen MR) is 128 cm³/mol. The van der Waals surface area contributed by atoms with Gasteiger partial charge in [-0.2, -0.15) is 0 Å². The summed E-state index contributed by atoms with van der Waals surface area (Å²) in [4.78, 5) is 21.0. The first-order valence-electron chi connectivity index (χ1n) is 11.6. The van der Waals surface area contributed by atoms with Gasteiger partial charge in [-0.15, -0.1) is 0 Å². The van der Waals surface area contributed by atoms with E-state index < -0.39 is 0 Å². The van der Waals surface area contributed by atoms with Gasteiger partial charge in [-0.1, -0.05) is 24.3 Å². The Morgan fingerprint density at radius 3 is 2.09 bits per heavy atom. The molecule has 0 atom stereocenters. The second-order valence-corrected chi connectivity index (χ2v) is 8.49. The molecule has 0 saturated carbocycles. The van der Waals surface area contributed by atoms with Gasteiger partial charge in [-0.25, -0.2) is 18.6 Å². The van der Waals surface area contributed by atoms with Crippen LogP contribution in [0.15, 0.2) is 66.9 Å². The normalized spacial score (nSPS) is 14.4. The second-order valence-electron chi connectivity index (χ2n) is 8.49. The highest BCUT2D eigenvalue weighted by molar-refractivity contribution is 5.94. The minimum Gasteiger partial charge on any atom is -0.465 e. The SMILES string of the molecule is COC(=O)c1cccnc1N1CCN(CCCC(c2ccc(F)cc2)c2ccc(F)cc2)CC1. The topological polar surface area (TPSA) is 45.7 Å². The van der Waals surface area contributed by atoms with Crippen molar-refractivity contribution in [3.63, 3.8) is 0 Å². The van der Waals surface area contributed by atoms with Gasteiger partial charge in [0.2, 0.25) is 0 Å². The number of ether oxygens (including phenoxy) is 1. The Bertz CT molecular complexity index is 1040. The van der Waals surface area contributed by atoms with Gasteiger partial charge in [0.1, 0.15) is 23.0 Å². The van der Waals surface area contributed by atoms with E-state index >= 15 is 0 Å². The first-order chi connectivity index (χ1) is 16.5. The molecule has 1 saturated heterocycles. The molecule has 34 heavy (non-hydrogen) atoms. The molecule has 2 heterocycles. The summed E-state index contributed by atoms with van der Waals surface area (Å²) < 4.78 is 31.8. The number of halogens is 2. The molecule has 0 bridgehead atoms. The molecule has 0 spiro atoms. The number of carbonyl (C=O) groups is 1. The third-order valence-corrected chi connectivity index (χ3v) is 6.38. The molecule has 0 radical (unpaired) electrons. The summed E-state index contributed by atoms with van der Waals surface area (Å²) in [5, 5.41) is 0. The summed E-state index contributed by atoms with van der Waals surface area (Å²) in [7, 11) is 1.38. The summed E-state index contributed by atoms with van der Waals surface area (Å²) >= 11 is 0. The zero-order valence-corrected chi connectivity index (χ0v) is 19.3. The highest BCUT2D eigenvalue weighted by Gasteiger charge is 2.23. The Morgan fingerprint density at radius 1 is 0.941 bits per heavy atom. The van der Waals surface area contributed by atoms with Crippen LogP contribution in [0.2, 0.25) is 0 Å². The standard InChI is InChI=1S/C27H29F2N3O2/c1-34-27(33)25-4-2-14-30-26(25)32-18-16-31(17-19-32)15-3-5-24(20-6-10-22(28)11-7-20)21-8-12-23(29)13-9-21/h2,4,6-14,24H,3,5,15-19H2,1H3. The Labute approximate surface area is 199 Å². The average Bonchev–Trinajstić information content (AvgIpc) is 2.88. The van der Waals surface area contributed by atoms with Crippen LogP contribution in [0.4, 0.5) is 14.6 Å². The molecule has 3 aromatic rings. The van der Waals surface area contributed by atoms with E-state index in [1.165, 1.54) is 31.4 Å². The van der Waals surface area contributed by atoms with Gasteiger partial charge in [-0.3, -0.25) is 4.90 Å². The van der Waals surface area contributed by atoms with Crippen LogP contribution in [-0.4, -0.2) is 55.7 Å².